The van der Waals surface area contributed by atoms with E-state index in [2.05, 4.69) is 78.0 Å². The van der Waals surface area contributed by atoms with E-state index >= 15 is 0 Å². The van der Waals surface area contributed by atoms with Crippen molar-refractivity contribution in [1.82, 2.24) is 0 Å². The Bertz CT molecular complexity index is 863. The minimum Gasteiger partial charge on any atom is -1.00 e. The molecule has 0 radical (unpaired) electrons. The van der Waals surface area contributed by atoms with Crippen LogP contribution in [0.25, 0.3) is 0 Å². The van der Waals surface area contributed by atoms with Crippen molar-refractivity contribution in [1.29, 1.82) is 0 Å². The minimum atomic E-state index is -1.70. The molecule has 4 aliphatic carbocycles. The van der Waals surface area contributed by atoms with Crippen molar-refractivity contribution in [3.05, 3.63) is 47.6 Å². The van der Waals surface area contributed by atoms with Gasteiger partial charge in [-0.15, -0.1) is 0 Å². The van der Waals surface area contributed by atoms with E-state index < -0.39 is 16.6 Å². The molecule has 0 heterocycles. The fraction of sp³-hybridized carbons (Fsp3) is 0.771. The third-order valence-corrected chi connectivity index (χ3v) is 21.4. The van der Waals surface area contributed by atoms with E-state index in [-0.39, 0.29) is 56.4 Å². The molecule has 0 N–H and O–H groups in total. The summed E-state index contributed by atoms with van der Waals surface area (Å²) in [5, 5.41) is 0. The Morgan fingerprint density at radius 3 is 1.52 bits per heavy atom. The Morgan fingerprint density at radius 1 is 0.667 bits per heavy atom. The zero-order valence-corrected chi connectivity index (χ0v) is 33.6. The van der Waals surface area contributed by atoms with Crippen molar-refractivity contribution in [2.45, 2.75) is 129 Å². The van der Waals surface area contributed by atoms with Crippen LogP contribution in [0.1, 0.15) is 92.9 Å². The summed E-state index contributed by atoms with van der Waals surface area (Å²) < 4.78 is 14.3. The first-order chi connectivity index (χ1) is 19.0. The number of hydrogen-bond donors (Lipinski definition) is 0. The third kappa shape index (κ3) is 8.57. The van der Waals surface area contributed by atoms with E-state index in [1.807, 2.05) is 0 Å². The van der Waals surface area contributed by atoms with Crippen LogP contribution in [0.5, 0.6) is 0 Å². The first-order valence-electron chi connectivity index (χ1n) is 17.0. The molecule has 4 unspecified atom stereocenters. The smallest absolute Gasteiger partial charge is 1.00 e. The number of fused-ring (bicyclic) bond motifs is 2. The van der Waals surface area contributed by atoms with Crippen molar-refractivity contribution in [3.63, 3.8) is 0 Å². The number of allylic oxidation sites excluding steroid dienone is 8. The maximum Gasteiger partial charge on any atom is 2.00 e. The molecule has 0 aromatic heterocycles. The molecule has 42 heavy (non-hydrogen) atoms. The fourth-order valence-electron chi connectivity index (χ4n) is 9.02. The van der Waals surface area contributed by atoms with Gasteiger partial charge in [-0.25, -0.2) is 0 Å². The van der Waals surface area contributed by atoms with Crippen LogP contribution in [-0.2, 0) is 35.1 Å². The first-order valence-corrected chi connectivity index (χ1v) is 22.0. The predicted octanol–water partition coefficient (Wildman–Crippen LogP) is 4.63. The van der Waals surface area contributed by atoms with Crippen LogP contribution in [-0.4, -0.2) is 29.8 Å². The zero-order chi connectivity index (χ0) is 27.9. The van der Waals surface area contributed by atoms with Crippen molar-refractivity contribution in [2.75, 3.05) is 13.2 Å². The number of rotatable bonds is 16. The molecule has 0 spiro atoms. The van der Waals surface area contributed by atoms with Gasteiger partial charge in [-0.1, -0.05) is 89.1 Å². The van der Waals surface area contributed by atoms with Gasteiger partial charge in [0, 0.05) is 18.6 Å². The van der Waals surface area contributed by atoms with Gasteiger partial charge >= 0.3 is 26.2 Å². The summed E-state index contributed by atoms with van der Waals surface area (Å²) in [6.07, 6.45) is 25.0. The average Bonchev–Trinajstić information content (AvgIpc) is 3.63. The van der Waals surface area contributed by atoms with E-state index in [9.17, 15) is 0 Å². The fourth-order valence-corrected chi connectivity index (χ4v) is 14.4. The van der Waals surface area contributed by atoms with E-state index in [1.54, 1.807) is 11.1 Å². The molecule has 0 aliphatic heterocycles. The van der Waals surface area contributed by atoms with Gasteiger partial charge in [0.2, 0.25) is 0 Å². The van der Waals surface area contributed by atoms with Crippen LogP contribution in [0.2, 0.25) is 36.3 Å². The molecule has 0 aromatic rings. The summed E-state index contributed by atoms with van der Waals surface area (Å²) in [5.74, 6) is 2.84. The third-order valence-electron chi connectivity index (χ3n) is 12.1. The second-order valence-electron chi connectivity index (χ2n) is 13.3. The van der Waals surface area contributed by atoms with E-state index in [0.717, 1.165) is 25.0 Å². The van der Waals surface area contributed by atoms with Crippen LogP contribution >= 0.6 is 0 Å². The minimum absolute atomic E-state index is 0. The summed E-state index contributed by atoms with van der Waals surface area (Å²) in [6, 6.07) is 7.48. The normalized spacial score (nSPS) is 26.1. The summed E-state index contributed by atoms with van der Waals surface area (Å²) in [7, 11) is -3.27. The Morgan fingerprint density at radius 2 is 1.10 bits per heavy atom. The molecule has 2 fully saturated rings. The molecule has 4 rings (SSSR count). The molecule has 4 aliphatic rings. The van der Waals surface area contributed by atoms with Crippen LogP contribution in [0.4, 0.5) is 0 Å². The van der Waals surface area contributed by atoms with Crippen LogP contribution in [0.15, 0.2) is 47.6 Å². The second kappa shape index (κ2) is 18.8. The van der Waals surface area contributed by atoms with E-state index in [1.165, 1.54) is 87.6 Å². The second-order valence-corrected chi connectivity index (χ2v) is 22.8. The Kier molecular flexibility index (Phi) is 18.3. The van der Waals surface area contributed by atoms with Crippen molar-refractivity contribution >= 4 is 16.6 Å². The molecule has 2 nitrogen and oxygen atoms in total. The molecular weight excluding hydrogens is 671 g/mol. The van der Waals surface area contributed by atoms with E-state index in [0.29, 0.717) is 11.8 Å². The Labute approximate surface area is 293 Å². The van der Waals surface area contributed by atoms with Gasteiger partial charge < -0.3 is 33.7 Å². The number of halogens is 2. The number of hydrogen-bond acceptors (Lipinski definition) is 2. The average molecular weight is 731 g/mol. The van der Waals surface area contributed by atoms with Crippen molar-refractivity contribution in [2.24, 2.45) is 29.1 Å². The van der Waals surface area contributed by atoms with Gasteiger partial charge in [-0.2, -0.15) is 0 Å². The Balaban J connectivity index is 0.00000294. The zero-order valence-electron chi connectivity index (χ0n) is 27.7. The molecule has 2 saturated carbocycles. The molecular formula is C35H60Cl2O2Si2Zr. The summed E-state index contributed by atoms with van der Waals surface area (Å²) in [4.78, 5) is 0. The predicted molar refractivity (Wildman–Crippen MR) is 174 cm³/mol. The molecule has 4 atom stereocenters. The first kappa shape index (κ1) is 40.8. The molecule has 0 amide bonds. The summed E-state index contributed by atoms with van der Waals surface area (Å²) >= 11 is 0. The maximum absolute atomic E-state index is 7.40. The van der Waals surface area contributed by atoms with Gasteiger partial charge in [-0.05, 0) is 111 Å². The molecule has 0 saturated heterocycles. The van der Waals surface area contributed by atoms with Gasteiger partial charge in [-0.3, -0.25) is 0 Å². The van der Waals surface area contributed by atoms with Crippen LogP contribution in [0, 0.1) is 29.1 Å². The maximum atomic E-state index is 7.40. The standard InChI is InChI=1S/C35H60O2Si2.2ClH.Zr/c1-7-38(8-2,9-3)36-27-17-26-35(28-37-39(10-4,11-5)12-6,33-24-22-29-18-13-15-20-31(29)33)34-25-23-30-19-14-16-21-32(30)34;;;/h13-16,20-21,29-30,33-34H,7-12,17-19,22-28H2,1-6H3;2*1H;/q;;;+2/p-2. The largest absolute Gasteiger partial charge is 2.00 e. The topological polar surface area (TPSA) is 18.5 Å². The van der Waals surface area contributed by atoms with Crippen molar-refractivity contribution < 1.29 is 59.9 Å². The molecule has 0 aromatic carbocycles. The van der Waals surface area contributed by atoms with Crippen LogP contribution in [0.3, 0.4) is 0 Å². The van der Waals surface area contributed by atoms with Crippen molar-refractivity contribution in [3.8, 4) is 0 Å². The van der Waals surface area contributed by atoms with E-state index in [4.69, 9.17) is 8.85 Å². The SMILES string of the molecule is CC[Si](CC)(CC)OCCCC(CO[Si](CC)(CC)CC)(C1CCC2CC=CC=C21)C1CCC2CC=CC=C21.[Cl-].[Cl-].[Zr+2]. The van der Waals surface area contributed by atoms with Gasteiger partial charge in [0.25, 0.3) is 0 Å². The van der Waals surface area contributed by atoms with Gasteiger partial charge in [0.15, 0.2) is 16.6 Å². The van der Waals surface area contributed by atoms with Gasteiger partial charge in [0.05, 0.1) is 0 Å². The summed E-state index contributed by atoms with van der Waals surface area (Å²) in [6.45, 7) is 16.2. The quantitative estimate of drug-likeness (QED) is 0.171. The molecule has 0 bridgehead atoms. The summed E-state index contributed by atoms with van der Waals surface area (Å²) in [5.41, 5.74) is 3.75. The van der Waals surface area contributed by atoms with Gasteiger partial charge in [0.1, 0.15) is 0 Å². The molecule has 238 valence electrons. The molecule has 7 heteroatoms. The van der Waals surface area contributed by atoms with Crippen LogP contribution < -0.4 is 24.8 Å². The monoisotopic (exact) mass is 728 g/mol. The Hall–Kier alpha value is 0.777.